The van der Waals surface area contributed by atoms with Crippen LogP contribution < -0.4 is 0 Å². The average Bonchev–Trinajstić information content (AvgIpc) is 3.86. The second-order valence-electron chi connectivity index (χ2n) is 25.2. The zero-order valence-electron chi connectivity index (χ0n) is 39.8. The molecule has 9 fully saturated rings. The highest BCUT2D eigenvalue weighted by molar-refractivity contribution is 5.92. The Morgan fingerprint density at radius 3 is 1.57 bits per heavy atom. The molecule has 0 aromatic rings. The Labute approximate surface area is 378 Å². The lowest BCUT2D eigenvalue weighted by Crippen LogP contribution is -2.52. The van der Waals surface area contributed by atoms with E-state index in [0.29, 0.717) is 100 Å². The van der Waals surface area contributed by atoms with E-state index in [1.54, 1.807) is 0 Å². The van der Waals surface area contributed by atoms with E-state index in [4.69, 9.17) is 0 Å². The van der Waals surface area contributed by atoms with Crippen LogP contribution in [0.1, 0.15) is 189 Å². The first-order chi connectivity index (χ1) is 29.8. The van der Waals surface area contributed by atoms with Gasteiger partial charge in [-0.2, -0.15) is 0 Å². The van der Waals surface area contributed by atoms with Crippen LogP contribution in [0.2, 0.25) is 0 Å². The van der Waals surface area contributed by atoms with E-state index in [-0.39, 0.29) is 32.5 Å². The number of carbonyl (C=O) groups is 6. The van der Waals surface area contributed by atoms with Crippen molar-refractivity contribution in [3.8, 4) is 0 Å². The largest absolute Gasteiger partial charge is 0.299 e. The molecule has 16 atom stereocenters. The fourth-order valence-corrected chi connectivity index (χ4v) is 19.0. The van der Waals surface area contributed by atoms with Crippen LogP contribution >= 0.6 is 0 Å². The Kier molecular flexibility index (Phi) is 10.8. The van der Waals surface area contributed by atoms with Crippen LogP contribution in [0.15, 0.2) is 35.5 Å². The van der Waals surface area contributed by atoms with Gasteiger partial charge in [0, 0.05) is 61.2 Å². The highest BCUT2D eigenvalue weighted by Gasteiger charge is 2.62. The average molecular weight is 859 g/mol. The zero-order valence-corrected chi connectivity index (χ0v) is 39.8. The van der Waals surface area contributed by atoms with E-state index in [1.165, 1.54) is 49.7 Å². The lowest BCUT2D eigenvalue weighted by Gasteiger charge is -2.57. The van der Waals surface area contributed by atoms with Crippen molar-refractivity contribution >= 4 is 34.7 Å². The SMILES string of the molecule is C[C@]12C=CC(=O)CC1CC[C@@H]1[C@@H]2CC[C@]2(C)C(=O)CC[C@@H]12.C[C@]12CCC(=O)C=C1CC[C@@H]1[C@@H]2CC[C@]2(C)C(=O)CC[C@@H]12.C[C@]12CCC(=O)CC1=CC[C@@H]1[C@@H]2CC[C@]2(C)C(=O)CC[C@@H]12. The van der Waals surface area contributed by atoms with Gasteiger partial charge in [-0.25, -0.2) is 0 Å². The molecule has 6 heteroatoms. The summed E-state index contributed by atoms with van der Waals surface area (Å²) in [6.07, 6.45) is 31.8. The van der Waals surface area contributed by atoms with E-state index in [1.807, 2.05) is 12.2 Å². The molecule has 12 aliphatic carbocycles. The van der Waals surface area contributed by atoms with Gasteiger partial charge >= 0.3 is 0 Å². The number of fused-ring (bicyclic) bond motifs is 15. The monoisotopic (exact) mass is 859 g/mol. The number of allylic oxidation sites excluding steroid dienone is 5. The second-order valence-corrected chi connectivity index (χ2v) is 25.2. The van der Waals surface area contributed by atoms with Crippen molar-refractivity contribution in [1.29, 1.82) is 0 Å². The van der Waals surface area contributed by atoms with E-state index in [9.17, 15) is 28.8 Å². The van der Waals surface area contributed by atoms with Crippen molar-refractivity contribution in [3.63, 3.8) is 0 Å². The summed E-state index contributed by atoms with van der Waals surface area (Å²) in [5.74, 6) is 9.17. The molecular weight excluding hydrogens is 781 g/mol. The van der Waals surface area contributed by atoms with E-state index in [2.05, 4.69) is 53.7 Å². The Morgan fingerprint density at radius 2 is 0.952 bits per heavy atom. The molecule has 0 N–H and O–H groups in total. The van der Waals surface area contributed by atoms with Gasteiger partial charge in [0.1, 0.15) is 23.1 Å². The molecule has 0 amide bonds. The van der Waals surface area contributed by atoms with Crippen molar-refractivity contribution in [1.82, 2.24) is 0 Å². The molecule has 0 bridgehead atoms. The lowest BCUT2D eigenvalue weighted by molar-refractivity contribution is -0.135. The standard InChI is InChI=1S/3C19H26O2/c3*1-18-9-7-13(20)11-12(18)3-4-14-15-5-6-17(21)19(15,2)10-8-16(14)18/h11,14-16H,3-10H2,1-2H3;7,9,12,14-16H,3-6,8,10-11H2,1-2H3;3,14-16H,4-11H2,1-2H3/t14-,15-,16-,18-,19-;12?,14-,15-,16-,18-,19-;14-,15-,16-,18-,19-/m000/s1. The van der Waals surface area contributed by atoms with E-state index in [0.717, 1.165) is 103 Å². The molecule has 0 aromatic heterocycles. The summed E-state index contributed by atoms with van der Waals surface area (Å²) >= 11 is 0. The van der Waals surface area contributed by atoms with Gasteiger partial charge in [-0.3, -0.25) is 28.8 Å². The van der Waals surface area contributed by atoms with Crippen LogP contribution in [0.4, 0.5) is 0 Å². The maximum Gasteiger partial charge on any atom is 0.155 e. The first-order valence-electron chi connectivity index (χ1n) is 26.1. The quantitative estimate of drug-likeness (QED) is 0.225. The molecule has 1 unspecified atom stereocenters. The van der Waals surface area contributed by atoms with Crippen molar-refractivity contribution in [2.75, 3.05) is 0 Å². The fraction of sp³-hybridized carbons (Fsp3) is 0.789. The molecule has 63 heavy (non-hydrogen) atoms. The van der Waals surface area contributed by atoms with Crippen LogP contribution in [0.25, 0.3) is 0 Å². The molecule has 0 radical (unpaired) electrons. The first kappa shape index (κ1) is 44.1. The molecule has 9 saturated carbocycles. The van der Waals surface area contributed by atoms with Gasteiger partial charge in [-0.15, -0.1) is 0 Å². The van der Waals surface area contributed by atoms with Gasteiger partial charge in [0.15, 0.2) is 11.6 Å². The molecular formula is C57H78O6. The summed E-state index contributed by atoms with van der Waals surface area (Å²) in [6.45, 7) is 13.9. The normalized spacial score (nSPS) is 50.3. The van der Waals surface area contributed by atoms with Crippen molar-refractivity contribution in [2.24, 2.45) is 91.7 Å². The van der Waals surface area contributed by atoms with Crippen LogP contribution in [0.5, 0.6) is 0 Å². The Hall–Kier alpha value is -2.76. The number of hydrogen-bond donors (Lipinski definition) is 0. The molecule has 0 saturated heterocycles. The minimum Gasteiger partial charge on any atom is -0.299 e. The van der Waals surface area contributed by atoms with Crippen LogP contribution in [-0.2, 0) is 28.8 Å². The Morgan fingerprint density at radius 1 is 0.444 bits per heavy atom. The molecule has 12 aliphatic rings. The number of ketones is 6. The van der Waals surface area contributed by atoms with Gasteiger partial charge in [0.2, 0.25) is 0 Å². The van der Waals surface area contributed by atoms with Gasteiger partial charge in [-0.05, 0) is 190 Å². The number of Topliss-reactive ketones (excluding diaryl/α,β-unsaturated/α-hetero) is 4. The van der Waals surface area contributed by atoms with Crippen LogP contribution in [0.3, 0.4) is 0 Å². The number of hydrogen-bond acceptors (Lipinski definition) is 6. The predicted molar refractivity (Wildman–Crippen MR) is 245 cm³/mol. The molecule has 12 rings (SSSR count). The highest BCUT2D eigenvalue weighted by atomic mass is 16.1. The molecule has 0 aromatic carbocycles. The smallest absolute Gasteiger partial charge is 0.155 e. The third-order valence-electron chi connectivity index (χ3n) is 23.1. The minimum atomic E-state index is -0.0344. The zero-order chi connectivity index (χ0) is 44.5. The topological polar surface area (TPSA) is 102 Å². The van der Waals surface area contributed by atoms with Gasteiger partial charge in [0.05, 0.1) is 0 Å². The van der Waals surface area contributed by atoms with E-state index < -0.39 is 0 Å². The third-order valence-corrected chi connectivity index (χ3v) is 23.1. The Bertz CT molecular complexity index is 2040. The predicted octanol–water partition coefficient (Wildman–Crippen LogP) is 12.1. The van der Waals surface area contributed by atoms with Crippen LogP contribution in [-0.4, -0.2) is 34.7 Å². The summed E-state index contributed by atoms with van der Waals surface area (Å²) < 4.78 is 0. The second kappa shape index (κ2) is 15.4. The summed E-state index contributed by atoms with van der Waals surface area (Å²) in [4.78, 5) is 72.4. The van der Waals surface area contributed by atoms with Crippen molar-refractivity contribution in [2.45, 2.75) is 189 Å². The third kappa shape index (κ3) is 6.62. The summed E-state index contributed by atoms with van der Waals surface area (Å²) in [7, 11) is 0. The molecule has 0 heterocycles. The van der Waals surface area contributed by atoms with Gasteiger partial charge < -0.3 is 0 Å². The molecule has 0 aliphatic heterocycles. The van der Waals surface area contributed by atoms with Gasteiger partial charge in [0.25, 0.3) is 0 Å². The minimum absolute atomic E-state index is 0.0246. The molecule has 0 spiro atoms. The van der Waals surface area contributed by atoms with Crippen LogP contribution in [0, 0.1) is 91.7 Å². The first-order valence-corrected chi connectivity index (χ1v) is 26.1. The highest BCUT2D eigenvalue weighted by Crippen LogP contribution is 2.67. The Balaban J connectivity index is 0.000000112. The molecule has 342 valence electrons. The number of carbonyl (C=O) groups excluding carboxylic acids is 6. The van der Waals surface area contributed by atoms with Crippen molar-refractivity contribution < 1.29 is 28.8 Å². The van der Waals surface area contributed by atoms with Gasteiger partial charge in [-0.1, -0.05) is 64.8 Å². The maximum atomic E-state index is 12.4. The summed E-state index contributed by atoms with van der Waals surface area (Å²) in [6, 6.07) is 0. The lowest BCUT2D eigenvalue weighted by atomic mass is 9.46. The van der Waals surface area contributed by atoms with Crippen molar-refractivity contribution in [3.05, 3.63) is 35.5 Å². The molecule has 6 nitrogen and oxygen atoms in total. The fourth-order valence-electron chi connectivity index (χ4n) is 19.0. The summed E-state index contributed by atoms with van der Waals surface area (Å²) in [5.41, 5.74) is 3.44. The maximum absolute atomic E-state index is 12.4. The summed E-state index contributed by atoms with van der Waals surface area (Å²) in [5, 5.41) is 0. The number of rotatable bonds is 0. The van der Waals surface area contributed by atoms with E-state index >= 15 is 0 Å².